The summed E-state index contributed by atoms with van der Waals surface area (Å²) in [6, 6.07) is 3.73. The number of amides is 1. The molecule has 11 nitrogen and oxygen atoms in total. The molecule has 1 aromatic rings. The van der Waals surface area contributed by atoms with Crippen LogP contribution in [-0.2, 0) is 30.3 Å². The number of nitrogens with zero attached hydrogens (tertiary/aromatic N) is 1. The number of carboxylic acids is 1. The second kappa shape index (κ2) is 9.16. The van der Waals surface area contributed by atoms with E-state index in [1.54, 1.807) is 4.90 Å². The molecule has 3 heterocycles. The number of rotatable bonds is 8. The van der Waals surface area contributed by atoms with Crippen molar-refractivity contribution in [3.8, 4) is 11.5 Å². The fourth-order valence-electron chi connectivity index (χ4n) is 6.18. The molecule has 0 aromatic heterocycles. The van der Waals surface area contributed by atoms with Gasteiger partial charge in [-0.3, -0.25) is 9.59 Å². The van der Waals surface area contributed by atoms with Gasteiger partial charge >= 0.3 is 11.9 Å². The van der Waals surface area contributed by atoms with Crippen LogP contribution in [0.3, 0.4) is 0 Å². The van der Waals surface area contributed by atoms with E-state index in [9.17, 15) is 29.7 Å². The molecule has 1 spiro atoms. The molecule has 3 N–H and O–H groups in total. The zero-order valence-corrected chi connectivity index (χ0v) is 21.7. The van der Waals surface area contributed by atoms with E-state index in [0.717, 1.165) is 11.1 Å². The van der Waals surface area contributed by atoms with E-state index in [1.165, 1.54) is 21.0 Å². The van der Waals surface area contributed by atoms with Gasteiger partial charge in [0.05, 0.1) is 30.6 Å². The number of ether oxygens (including phenoxy) is 4. The Labute approximate surface area is 219 Å². The number of hydrogen-bond acceptors (Lipinski definition) is 9. The number of methoxy groups -OCH3 is 1. The van der Waals surface area contributed by atoms with Crippen molar-refractivity contribution in [1.29, 1.82) is 0 Å². The topological polar surface area (TPSA) is 152 Å². The highest BCUT2D eigenvalue weighted by Crippen LogP contribution is 2.56. The molecule has 0 saturated carbocycles. The van der Waals surface area contributed by atoms with E-state index in [1.807, 2.05) is 18.2 Å². The van der Waals surface area contributed by atoms with Crippen LogP contribution < -0.4 is 9.47 Å². The second-order valence-electron chi connectivity index (χ2n) is 11.2. The van der Waals surface area contributed by atoms with Gasteiger partial charge in [-0.2, -0.15) is 0 Å². The molecule has 3 aliphatic heterocycles. The minimum absolute atomic E-state index is 0.0194. The van der Waals surface area contributed by atoms with Crippen molar-refractivity contribution in [2.75, 3.05) is 20.4 Å². The lowest BCUT2D eigenvalue weighted by atomic mass is 9.77. The fourth-order valence-corrected chi connectivity index (χ4v) is 6.18. The Morgan fingerprint density at radius 3 is 2.53 bits per heavy atom. The zero-order chi connectivity index (χ0) is 27.5. The lowest BCUT2D eigenvalue weighted by Crippen LogP contribution is -2.50. The molecule has 1 aliphatic carbocycles. The second-order valence-corrected chi connectivity index (χ2v) is 11.2. The Bertz CT molecular complexity index is 1200. The minimum Gasteiger partial charge on any atom is -0.497 e. The number of esters is 1. The first-order valence-electron chi connectivity index (χ1n) is 12.7. The third-order valence-corrected chi connectivity index (χ3v) is 8.07. The normalized spacial score (nSPS) is 27.0. The molecule has 0 radical (unpaired) electrons. The number of aliphatic hydroxyl groups is 2. The van der Waals surface area contributed by atoms with Crippen molar-refractivity contribution in [3.63, 3.8) is 0 Å². The van der Waals surface area contributed by atoms with Crippen molar-refractivity contribution in [2.24, 2.45) is 0 Å². The Morgan fingerprint density at radius 2 is 1.87 bits per heavy atom. The highest BCUT2D eigenvalue weighted by atomic mass is 16.7. The van der Waals surface area contributed by atoms with Crippen LogP contribution in [0.1, 0.15) is 63.0 Å². The summed E-state index contributed by atoms with van der Waals surface area (Å²) in [5.41, 5.74) is -2.73. The average molecular weight is 532 g/mol. The predicted octanol–water partition coefficient (Wildman–Crippen LogP) is 1.63. The first-order valence-corrected chi connectivity index (χ1v) is 12.7. The Balaban J connectivity index is 1.56. The minimum atomic E-state index is -2.38. The molecule has 206 valence electrons. The van der Waals surface area contributed by atoms with E-state index in [-0.39, 0.29) is 25.5 Å². The molecule has 4 aliphatic rings. The summed E-state index contributed by atoms with van der Waals surface area (Å²) in [5, 5.41) is 30.8. The van der Waals surface area contributed by atoms with Crippen molar-refractivity contribution >= 4 is 17.8 Å². The summed E-state index contributed by atoms with van der Waals surface area (Å²) < 4.78 is 22.8. The van der Waals surface area contributed by atoms with Crippen LogP contribution in [0.4, 0.5) is 0 Å². The predicted molar refractivity (Wildman–Crippen MR) is 130 cm³/mol. The van der Waals surface area contributed by atoms with E-state index < -0.39 is 47.1 Å². The SMILES string of the molecule is COC1=C[C@]23CCC(=O)N2CCc2cc4c(cc2[C@@H]3[C@@H]1OC(=O)[C@@](O)(CCC(C)(C)O)CC(=O)O)OCO4. The van der Waals surface area contributed by atoms with E-state index in [4.69, 9.17) is 18.9 Å². The van der Waals surface area contributed by atoms with Crippen LogP contribution in [-0.4, -0.2) is 81.4 Å². The lowest BCUT2D eigenvalue weighted by molar-refractivity contribution is -0.178. The van der Waals surface area contributed by atoms with Crippen LogP contribution >= 0.6 is 0 Å². The van der Waals surface area contributed by atoms with Crippen molar-refractivity contribution < 1.29 is 48.7 Å². The van der Waals surface area contributed by atoms with Crippen LogP contribution in [0.15, 0.2) is 24.0 Å². The number of fused-ring (bicyclic) bond motifs is 3. The van der Waals surface area contributed by atoms with Gasteiger partial charge in [0.2, 0.25) is 12.7 Å². The summed E-state index contributed by atoms with van der Waals surface area (Å²) in [6.45, 7) is 3.54. The number of carbonyl (C=O) groups is 3. The molecule has 1 amide bonds. The molecule has 0 unspecified atom stereocenters. The van der Waals surface area contributed by atoms with Gasteiger partial charge in [-0.05, 0) is 68.9 Å². The average Bonchev–Trinajstić information content (AvgIpc) is 3.48. The van der Waals surface area contributed by atoms with Gasteiger partial charge in [-0.1, -0.05) is 0 Å². The Morgan fingerprint density at radius 1 is 1.16 bits per heavy atom. The molecule has 1 fully saturated rings. The summed E-state index contributed by atoms with van der Waals surface area (Å²) >= 11 is 0. The standard InChI is InChI=1S/C27H33NO10/c1-25(2,33)7-8-27(34,13-21(30)31)24(32)38-23-19(35-3)12-26-6-4-20(29)28(26)9-5-15-10-17-18(37-14-36-17)11-16(15)22(23)26/h10-12,22-23,33-34H,4-9,13-14H2,1-3H3,(H,30,31)/t22-,23-,26+,27-/m1/s1. The highest BCUT2D eigenvalue weighted by molar-refractivity contribution is 5.86. The first-order chi connectivity index (χ1) is 17.9. The van der Waals surface area contributed by atoms with Crippen LogP contribution in [0.25, 0.3) is 0 Å². The van der Waals surface area contributed by atoms with E-state index >= 15 is 0 Å². The number of carboxylic acid groups (broad SMARTS) is 1. The highest BCUT2D eigenvalue weighted by Gasteiger charge is 2.61. The molecule has 4 atom stereocenters. The van der Waals surface area contributed by atoms with Gasteiger partial charge in [0, 0.05) is 13.0 Å². The molecule has 1 aromatic carbocycles. The van der Waals surface area contributed by atoms with E-state index in [0.29, 0.717) is 43.1 Å². The smallest absolute Gasteiger partial charge is 0.339 e. The van der Waals surface area contributed by atoms with Gasteiger partial charge < -0.3 is 39.2 Å². The lowest BCUT2D eigenvalue weighted by Gasteiger charge is -2.39. The van der Waals surface area contributed by atoms with Crippen molar-refractivity contribution in [3.05, 3.63) is 35.1 Å². The summed E-state index contributed by atoms with van der Waals surface area (Å²) in [6.07, 6.45) is 0.884. The molecule has 5 rings (SSSR count). The molecule has 0 bridgehead atoms. The molecule has 1 saturated heterocycles. The molecular weight excluding hydrogens is 498 g/mol. The maximum absolute atomic E-state index is 13.5. The van der Waals surface area contributed by atoms with Gasteiger partial charge in [0.15, 0.2) is 23.2 Å². The fraction of sp³-hybridized carbons (Fsp3) is 0.593. The summed E-state index contributed by atoms with van der Waals surface area (Å²) in [4.78, 5) is 39.9. The van der Waals surface area contributed by atoms with Gasteiger partial charge in [0.1, 0.15) is 5.76 Å². The number of carbonyl (C=O) groups excluding carboxylic acids is 2. The van der Waals surface area contributed by atoms with Crippen LogP contribution in [0.5, 0.6) is 11.5 Å². The number of aliphatic carboxylic acids is 1. The summed E-state index contributed by atoms with van der Waals surface area (Å²) in [7, 11) is 1.44. The largest absolute Gasteiger partial charge is 0.497 e. The quantitative estimate of drug-likeness (QED) is 0.422. The number of hydrogen-bond donors (Lipinski definition) is 3. The van der Waals surface area contributed by atoms with Gasteiger partial charge in [0.25, 0.3) is 0 Å². The number of benzene rings is 1. The van der Waals surface area contributed by atoms with Crippen molar-refractivity contribution in [1.82, 2.24) is 4.90 Å². The maximum atomic E-state index is 13.5. The third kappa shape index (κ3) is 4.37. The van der Waals surface area contributed by atoms with Crippen LogP contribution in [0, 0.1) is 0 Å². The Kier molecular flexibility index (Phi) is 6.34. The summed E-state index contributed by atoms with van der Waals surface area (Å²) in [5.74, 6) is -1.66. The van der Waals surface area contributed by atoms with Crippen molar-refractivity contribution in [2.45, 2.75) is 81.1 Å². The molecular formula is C27H33NO10. The monoisotopic (exact) mass is 531 g/mol. The van der Waals surface area contributed by atoms with Gasteiger partial charge in [-0.25, -0.2) is 4.79 Å². The van der Waals surface area contributed by atoms with Gasteiger partial charge in [-0.15, -0.1) is 0 Å². The molecule has 11 heteroatoms. The first kappa shape index (κ1) is 26.3. The molecule has 38 heavy (non-hydrogen) atoms. The van der Waals surface area contributed by atoms with Crippen LogP contribution in [0.2, 0.25) is 0 Å². The zero-order valence-electron chi connectivity index (χ0n) is 21.7. The Hall–Kier alpha value is -3.31. The maximum Gasteiger partial charge on any atom is 0.339 e. The van der Waals surface area contributed by atoms with E-state index in [2.05, 4.69) is 0 Å². The third-order valence-electron chi connectivity index (χ3n) is 8.07.